The molecule has 1 aliphatic rings. The fourth-order valence-corrected chi connectivity index (χ4v) is 2.21. The quantitative estimate of drug-likeness (QED) is 0.822. The molecule has 0 fully saturated rings. The molecule has 1 aromatic carbocycles. The summed E-state index contributed by atoms with van der Waals surface area (Å²) in [5.74, 6) is 0.641. The van der Waals surface area contributed by atoms with Gasteiger partial charge in [0.25, 0.3) is 0 Å². The number of hydrogen-bond donors (Lipinski definition) is 1. The summed E-state index contributed by atoms with van der Waals surface area (Å²) >= 11 is 3.31. The first-order valence-electron chi connectivity index (χ1n) is 5.38. The summed E-state index contributed by atoms with van der Waals surface area (Å²) in [4.78, 5) is 21.7. The molecule has 0 saturated heterocycles. The lowest BCUT2D eigenvalue weighted by molar-refractivity contribution is -0.115. The van der Waals surface area contributed by atoms with Gasteiger partial charge in [-0.2, -0.15) is 0 Å². The summed E-state index contributed by atoms with van der Waals surface area (Å²) < 4.78 is 0.691. The van der Waals surface area contributed by atoms with E-state index in [2.05, 4.69) is 31.2 Å². The molecule has 1 N–H and O–H groups in total. The zero-order valence-corrected chi connectivity index (χ0v) is 10.9. The Morgan fingerprint density at radius 2 is 2.11 bits per heavy atom. The Morgan fingerprint density at radius 3 is 2.94 bits per heavy atom. The summed E-state index contributed by atoms with van der Waals surface area (Å²) in [6, 6.07) is 9.42. The third kappa shape index (κ3) is 1.95. The SMILES string of the molecule is O=C1CN(c2cc(Br)ncn2)c2ccccc2N1. The zero-order chi connectivity index (χ0) is 12.5. The number of hydrogen-bond acceptors (Lipinski definition) is 4. The van der Waals surface area contributed by atoms with Crippen molar-refractivity contribution in [1.29, 1.82) is 0 Å². The van der Waals surface area contributed by atoms with Crippen LogP contribution in [-0.2, 0) is 4.79 Å². The van der Waals surface area contributed by atoms with Crippen LogP contribution in [0, 0.1) is 0 Å². The lowest BCUT2D eigenvalue weighted by Crippen LogP contribution is -2.35. The van der Waals surface area contributed by atoms with Crippen LogP contribution in [0.5, 0.6) is 0 Å². The van der Waals surface area contributed by atoms with E-state index in [-0.39, 0.29) is 12.5 Å². The van der Waals surface area contributed by atoms with Crippen LogP contribution in [0.4, 0.5) is 17.2 Å². The highest BCUT2D eigenvalue weighted by Crippen LogP contribution is 2.33. The Balaban J connectivity index is 2.10. The van der Waals surface area contributed by atoms with E-state index in [4.69, 9.17) is 0 Å². The van der Waals surface area contributed by atoms with Crippen molar-refractivity contribution in [1.82, 2.24) is 9.97 Å². The molecular formula is C12H9BrN4O. The van der Waals surface area contributed by atoms with Crippen molar-refractivity contribution >= 4 is 39.0 Å². The number of para-hydroxylation sites is 2. The van der Waals surface area contributed by atoms with E-state index >= 15 is 0 Å². The van der Waals surface area contributed by atoms with Crippen LogP contribution < -0.4 is 10.2 Å². The monoisotopic (exact) mass is 304 g/mol. The van der Waals surface area contributed by atoms with Gasteiger partial charge in [-0.1, -0.05) is 12.1 Å². The Hall–Kier alpha value is -1.95. The summed E-state index contributed by atoms with van der Waals surface area (Å²) in [5.41, 5.74) is 1.73. The third-order valence-electron chi connectivity index (χ3n) is 2.67. The molecule has 3 rings (SSSR count). The van der Waals surface area contributed by atoms with E-state index < -0.39 is 0 Å². The second-order valence-corrected chi connectivity index (χ2v) is 4.66. The molecule has 2 heterocycles. The molecule has 6 heteroatoms. The summed E-state index contributed by atoms with van der Waals surface area (Å²) in [5, 5.41) is 2.84. The molecule has 1 amide bonds. The van der Waals surface area contributed by atoms with Gasteiger partial charge in [-0.15, -0.1) is 0 Å². The minimum atomic E-state index is -0.0524. The minimum Gasteiger partial charge on any atom is -0.323 e. The smallest absolute Gasteiger partial charge is 0.244 e. The molecule has 1 aliphatic heterocycles. The van der Waals surface area contributed by atoms with Crippen LogP contribution in [-0.4, -0.2) is 22.4 Å². The second kappa shape index (κ2) is 4.38. The van der Waals surface area contributed by atoms with Gasteiger partial charge in [0.05, 0.1) is 11.4 Å². The maximum atomic E-state index is 11.7. The van der Waals surface area contributed by atoms with Crippen LogP contribution >= 0.6 is 15.9 Å². The molecule has 0 radical (unpaired) electrons. The average Bonchev–Trinajstić information content (AvgIpc) is 2.37. The summed E-state index contributed by atoms with van der Waals surface area (Å²) in [6.07, 6.45) is 1.47. The fraction of sp³-hybridized carbons (Fsp3) is 0.0833. The van der Waals surface area contributed by atoms with Gasteiger partial charge in [0.2, 0.25) is 5.91 Å². The summed E-state index contributed by atoms with van der Waals surface area (Å²) in [6.45, 7) is 0.250. The Kier molecular flexibility index (Phi) is 2.71. The highest BCUT2D eigenvalue weighted by molar-refractivity contribution is 9.10. The molecule has 90 valence electrons. The van der Waals surface area contributed by atoms with Crippen LogP contribution in [0.3, 0.4) is 0 Å². The van der Waals surface area contributed by atoms with Gasteiger partial charge in [0, 0.05) is 6.07 Å². The molecule has 18 heavy (non-hydrogen) atoms. The standard InChI is InChI=1S/C12H9BrN4O/c13-10-5-11(15-7-14-10)17-6-12(18)16-8-3-1-2-4-9(8)17/h1-5,7H,6H2,(H,16,18). The van der Waals surface area contributed by atoms with Gasteiger partial charge in [0.1, 0.15) is 23.3 Å². The van der Waals surface area contributed by atoms with Gasteiger partial charge < -0.3 is 10.2 Å². The second-order valence-electron chi connectivity index (χ2n) is 3.85. The molecule has 1 aromatic heterocycles. The molecule has 0 bridgehead atoms. The van der Waals surface area contributed by atoms with Gasteiger partial charge in [-0.25, -0.2) is 9.97 Å². The van der Waals surface area contributed by atoms with Gasteiger partial charge >= 0.3 is 0 Å². The first-order chi connectivity index (χ1) is 8.74. The van der Waals surface area contributed by atoms with Crippen molar-refractivity contribution in [2.75, 3.05) is 16.8 Å². The highest BCUT2D eigenvalue weighted by Gasteiger charge is 2.23. The third-order valence-corrected chi connectivity index (χ3v) is 3.10. The molecular weight excluding hydrogens is 296 g/mol. The predicted molar refractivity (Wildman–Crippen MR) is 71.8 cm³/mol. The topological polar surface area (TPSA) is 58.1 Å². The number of rotatable bonds is 1. The number of anilines is 3. The van der Waals surface area contributed by atoms with Gasteiger partial charge in [0.15, 0.2) is 0 Å². The van der Waals surface area contributed by atoms with Crippen molar-refractivity contribution in [2.45, 2.75) is 0 Å². The first kappa shape index (κ1) is 11.2. The Morgan fingerprint density at radius 1 is 1.28 bits per heavy atom. The van der Waals surface area contributed by atoms with Crippen molar-refractivity contribution in [3.05, 3.63) is 41.3 Å². The van der Waals surface area contributed by atoms with Gasteiger partial charge in [-0.3, -0.25) is 4.79 Å². The lowest BCUT2D eigenvalue weighted by atomic mass is 10.2. The number of fused-ring (bicyclic) bond motifs is 1. The first-order valence-corrected chi connectivity index (χ1v) is 6.17. The van der Waals surface area contributed by atoms with Crippen molar-refractivity contribution in [3.63, 3.8) is 0 Å². The Bertz CT molecular complexity index is 617. The van der Waals surface area contributed by atoms with E-state index in [1.165, 1.54) is 6.33 Å². The summed E-state index contributed by atoms with van der Waals surface area (Å²) in [7, 11) is 0. The molecule has 2 aromatic rings. The minimum absolute atomic E-state index is 0.0524. The fourth-order valence-electron chi connectivity index (χ4n) is 1.91. The number of amides is 1. The molecule has 0 saturated carbocycles. The average molecular weight is 305 g/mol. The number of carbonyl (C=O) groups excluding carboxylic acids is 1. The maximum absolute atomic E-state index is 11.7. The van der Waals surface area contributed by atoms with Crippen molar-refractivity contribution in [2.24, 2.45) is 0 Å². The van der Waals surface area contributed by atoms with E-state index in [0.717, 1.165) is 11.4 Å². The molecule has 0 aliphatic carbocycles. The number of halogens is 1. The van der Waals surface area contributed by atoms with Crippen LogP contribution in [0.25, 0.3) is 0 Å². The number of nitrogens with one attached hydrogen (secondary N) is 1. The van der Waals surface area contributed by atoms with Crippen LogP contribution in [0.1, 0.15) is 0 Å². The van der Waals surface area contributed by atoms with Gasteiger partial charge in [-0.05, 0) is 28.1 Å². The zero-order valence-electron chi connectivity index (χ0n) is 9.30. The van der Waals surface area contributed by atoms with Crippen LogP contribution in [0.15, 0.2) is 41.3 Å². The highest BCUT2D eigenvalue weighted by atomic mass is 79.9. The van der Waals surface area contributed by atoms with Crippen molar-refractivity contribution < 1.29 is 4.79 Å². The van der Waals surface area contributed by atoms with E-state index in [1.54, 1.807) is 6.07 Å². The molecule has 0 spiro atoms. The number of benzene rings is 1. The molecule has 0 atom stereocenters. The molecule has 0 unspecified atom stereocenters. The Labute approximate surface area is 112 Å². The maximum Gasteiger partial charge on any atom is 0.244 e. The normalized spacial score (nSPS) is 14.1. The number of aromatic nitrogens is 2. The molecule has 5 nitrogen and oxygen atoms in total. The van der Waals surface area contributed by atoms with E-state index in [9.17, 15) is 4.79 Å². The van der Waals surface area contributed by atoms with E-state index in [0.29, 0.717) is 10.4 Å². The largest absolute Gasteiger partial charge is 0.323 e. The number of nitrogens with zero attached hydrogens (tertiary/aromatic N) is 3. The van der Waals surface area contributed by atoms with Crippen molar-refractivity contribution in [3.8, 4) is 0 Å². The van der Waals surface area contributed by atoms with E-state index in [1.807, 2.05) is 29.2 Å². The predicted octanol–water partition coefficient (Wildman–Crippen LogP) is 2.33. The van der Waals surface area contributed by atoms with Crippen LogP contribution in [0.2, 0.25) is 0 Å². The number of carbonyl (C=O) groups is 1. The lowest BCUT2D eigenvalue weighted by Gasteiger charge is -2.29.